The number of hydrogen-bond donors (Lipinski definition) is 1. The van der Waals surface area contributed by atoms with Gasteiger partial charge in [0.05, 0.1) is 12.6 Å². The van der Waals surface area contributed by atoms with E-state index in [1.54, 1.807) is 0 Å². The van der Waals surface area contributed by atoms with Crippen LogP contribution in [-0.2, 0) is 4.74 Å². The van der Waals surface area contributed by atoms with Crippen LogP contribution in [0.2, 0.25) is 0 Å². The molecule has 1 aliphatic heterocycles. The summed E-state index contributed by atoms with van der Waals surface area (Å²) in [5.74, 6) is 1.04. The highest BCUT2D eigenvalue weighted by Gasteiger charge is 2.19. The highest BCUT2D eigenvalue weighted by molar-refractivity contribution is 5.31. The predicted octanol–water partition coefficient (Wildman–Crippen LogP) is 2.34. The van der Waals surface area contributed by atoms with Gasteiger partial charge in [-0.2, -0.15) is 0 Å². The van der Waals surface area contributed by atoms with Gasteiger partial charge in [0.25, 0.3) is 0 Å². The van der Waals surface area contributed by atoms with Gasteiger partial charge in [0.2, 0.25) is 0 Å². The Kier molecular flexibility index (Phi) is 3.57. The van der Waals surface area contributed by atoms with Crippen molar-refractivity contribution in [3.63, 3.8) is 0 Å². The summed E-state index contributed by atoms with van der Waals surface area (Å²) in [5.41, 5.74) is 2.43. The lowest BCUT2D eigenvalue weighted by Crippen LogP contribution is -2.22. The van der Waals surface area contributed by atoms with Gasteiger partial charge < -0.3 is 10.1 Å². The van der Waals surface area contributed by atoms with Crippen LogP contribution in [0.5, 0.6) is 0 Å². The number of likely N-dealkylation sites (N-methyl/N-ethyl adjacent to an activating group) is 1. The van der Waals surface area contributed by atoms with Gasteiger partial charge in [-0.1, -0.05) is 0 Å². The normalized spacial score (nSPS) is 17.5. The monoisotopic (exact) mass is 218 g/mol. The first kappa shape index (κ1) is 11.1. The van der Waals surface area contributed by atoms with Gasteiger partial charge in [-0.05, 0) is 50.1 Å². The van der Waals surface area contributed by atoms with Crippen molar-refractivity contribution < 1.29 is 4.74 Å². The number of hydrogen-bond acceptors (Lipinski definition) is 3. The van der Waals surface area contributed by atoms with E-state index in [4.69, 9.17) is 4.74 Å². The van der Waals surface area contributed by atoms with Gasteiger partial charge in [-0.25, -0.2) is 0 Å². The molecular weight excluding hydrogens is 200 g/mol. The van der Waals surface area contributed by atoms with Gasteiger partial charge in [-0.3, -0.25) is 4.98 Å². The Labute approximate surface area is 96.5 Å². The SMILES string of the molecule is CNC(C1=CCCCO1)c1ccncc1C. The quantitative estimate of drug-likeness (QED) is 0.845. The number of nitrogens with one attached hydrogen (secondary N) is 1. The van der Waals surface area contributed by atoms with Crippen molar-refractivity contribution in [2.75, 3.05) is 13.7 Å². The highest BCUT2D eigenvalue weighted by atomic mass is 16.5. The average molecular weight is 218 g/mol. The summed E-state index contributed by atoms with van der Waals surface area (Å²) in [6.07, 6.45) is 8.14. The lowest BCUT2D eigenvalue weighted by molar-refractivity contribution is 0.169. The standard InChI is InChI=1S/C13H18N2O/c1-10-9-15-7-6-11(10)13(14-2)12-5-3-4-8-16-12/h5-7,9,13-14H,3-4,8H2,1-2H3. The van der Waals surface area contributed by atoms with E-state index in [-0.39, 0.29) is 6.04 Å². The zero-order valence-corrected chi connectivity index (χ0v) is 9.86. The van der Waals surface area contributed by atoms with Crippen LogP contribution in [0.1, 0.15) is 30.0 Å². The molecule has 0 amide bonds. The first-order valence-electron chi connectivity index (χ1n) is 5.73. The number of ether oxygens (including phenoxy) is 1. The number of rotatable bonds is 3. The van der Waals surface area contributed by atoms with E-state index in [1.807, 2.05) is 19.4 Å². The van der Waals surface area contributed by atoms with Gasteiger partial charge in [0, 0.05) is 12.4 Å². The van der Waals surface area contributed by atoms with Crippen molar-refractivity contribution in [2.45, 2.75) is 25.8 Å². The topological polar surface area (TPSA) is 34.1 Å². The van der Waals surface area contributed by atoms with Gasteiger partial charge in [0.1, 0.15) is 5.76 Å². The van der Waals surface area contributed by atoms with Crippen LogP contribution >= 0.6 is 0 Å². The number of allylic oxidation sites excluding steroid dienone is 1. The fourth-order valence-corrected chi connectivity index (χ4v) is 2.04. The van der Waals surface area contributed by atoms with E-state index >= 15 is 0 Å². The maximum atomic E-state index is 5.72. The Morgan fingerprint density at radius 3 is 3.00 bits per heavy atom. The molecule has 1 atom stereocenters. The third kappa shape index (κ3) is 2.25. The first-order valence-corrected chi connectivity index (χ1v) is 5.73. The van der Waals surface area contributed by atoms with Crippen LogP contribution in [0.4, 0.5) is 0 Å². The summed E-state index contributed by atoms with van der Waals surface area (Å²) in [5, 5.41) is 3.31. The number of pyridine rings is 1. The van der Waals surface area contributed by atoms with Gasteiger partial charge in [0.15, 0.2) is 0 Å². The summed E-state index contributed by atoms with van der Waals surface area (Å²) < 4.78 is 5.72. The lowest BCUT2D eigenvalue weighted by Gasteiger charge is -2.24. The summed E-state index contributed by atoms with van der Waals surface area (Å²) in [6.45, 7) is 2.91. The van der Waals surface area contributed by atoms with Crippen LogP contribution in [0, 0.1) is 6.92 Å². The summed E-state index contributed by atoms with van der Waals surface area (Å²) in [6, 6.07) is 2.21. The molecule has 16 heavy (non-hydrogen) atoms. The Bertz CT molecular complexity index is 387. The molecule has 3 nitrogen and oxygen atoms in total. The fraction of sp³-hybridized carbons (Fsp3) is 0.462. The Balaban J connectivity index is 2.28. The van der Waals surface area contributed by atoms with Crippen molar-refractivity contribution in [1.82, 2.24) is 10.3 Å². The maximum absolute atomic E-state index is 5.72. The van der Waals surface area contributed by atoms with Crippen molar-refractivity contribution in [1.29, 1.82) is 0 Å². The molecule has 0 saturated heterocycles. The maximum Gasteiger partial charge on any atom is 0.113 e. The Hall–Kier alpha value is -1.35. The van der Waals surface area contributed by atoms with Crippen LogP contribution in [-0.4, -0.2) is 18.6 Å². The zero-order chi connectivity index (χ0) is 11.4. The van der Waals surface area contributed by atoms with E-state index in [2.05, 4.69) is 29.4 Å². The number of nitrogens with zero attached hydrogens (tertiary/aromatic N) is 1. The fourth-order valence-electron chi connectivity index (χ4n) is 2.04. The molecule has 0 aliphatic carbocycles. The molecule has 0 aromatic carbocycles. The molecule has 86 valence electrons. The largest absolute Gasteiger partial charge is 0.496 e. The molecule has 0 radical (unpaired) electrons. The number of aromatic nitrogens is 1. The molecular formula is C13H18N2O. The van der Waals surface area contributed by atoms with Gasteiger partial charge in [-0.15, -0.1) is 0 Å². The molecule has 0 bridgehead atoms. The summed E-state index contributed by atoms with van der Waals surface area (Å²) in [7, 11) is 1.96. The molecule has 0 fully saturated rings. The van der Waals surface area contributed by atoms with E-state index in [1.165, 1.54) is 11.1 Å². The van der Waals surface area contributed by atoms with E-state index in [0.29, 0.717) is 0 Å². The second kappa shape index (κ2) is 5.12. The lowest BCUT2D eigenvalue weighted by atomic mass is 10.0. The molecule has 3 heteroatoms. The molecule has 2 rings (SSSR count). The molecule has 1 unspecified atom stereocenters. The van der Waals surface area contributed by atoms with Gasteiger partial charge >= 0.3 is 0 Å². The van der Waals surface area contributed by atoms with Crippen LogP contribution in [0.15, 0.2) is 30.3 Å². The van der Waals surface area contributed by atoms with Crippen LogP contribution in [0.25, 0.3) is 0 Å². The van der Waals surface area contributed by atoms with Crippen LogP contribution in [0.3, 0.4) is 0 Å². The first-order chi connectivity index (χ1) is 7.83. The zero-order valence-electron chi connectivity index (χ0n) is 9.86. The highest BCUT2D eigenvalue weighted by Crippen LogP contribution is 2.27. The third-order valence-corrected chi connectivity index (χ3v) is 2.91. The smallest absolute Gasteiger partial charge is 0.113 e. The molecule has 1 aromatic heterocycles. The van der Waals surface area contributed by atoms with Crippen molar-refractivity contribution in [3.05, 3.63) is 41.4 Å². The molecule has 2 heterocycles. The average Bonchev–Trinajstić information content (AvgIpc) is 2.34. The summed E-state index contributed by atoms with van der Waals surface area (Å²) >= 11 is 0. The molecule has 0 spiro atoms. The second-order valence-electron chi connectivity index (χ2n) is 4.05. The predicted molar refractivity (Wildman–Crippen MR) is 64.0 cm³/mol. The van der Waals surface area contributed by atoms with E-state index in [9.17, 15) is 0 Å². The second-order valence-corrected chi connectivity index (χ2v) is 4.05. The summed E-state index contributed by atoms with van der Waals surface area (Å²) in [4.78, 5) is 4.12. The van der Waals surface area contributed by atoms with Crippen LogP contribution < -0.4 is 5.32 Å². The third-order valence-electron chi connectivity index (χ3n) is 2.91. The van der Waals surface area contributed by atoms with E-state index in [0.717, 1.165) is 25.2 Å². The molecule has 1 N–H and O–H groups in total. The van der Waals surface area contributed by atoms with E-state index < -0.39 is 0 Å². The van der Waals surface area contributed by atoms with Crippen molar-refractivity contribution in [2.24, 2.45) is 0 Å². The van der Waals surface area contributed by atoms with Crippen molar-refractivity contribution >= 4 is 0 Å². The Morgan fingerprint density at radius 1 is 1.50 bits per heavy atom. The minimum atomic E-state index is 0.156. The Morgan fingerprint density at radius 2 is 2.38 bits per heavy atom. The molecule has 1 aliphatic rings. The van der Waals surface area contributed by atoms with Crippen molar-refractivity contribution in [3.8, 4) is 0 Å². The molecule has 0 saturated carbocycles. The minimum absolute atomic E-state index is 0.156. The minimum Gasteiger partial charge on any atom is -0.496 e. The molecule has 1 aromatic rings. The number of aryl methyl sites for hydroxylation is 1.